The Morgan fingerprint density at radius 3 is 2.48 bits per heavy atom. The van der Waals surface area contributed by atoms with E-state index in [-0.39, 0.29) is 24.1 Å². The number of nitrogens with zero attached hydrogens (tertiary/aromatic N) is 4. The molecule has 4 heterocycles. The maximum atomic E-state index is 13.2. The maximum absolute atomic E-state index is 13.2. The molecule has 1 amide bonds. The number of carbonyl (C=O) groups excluding carboxylic acids is 1. The third-order valence-corrected chi connectivity index (χ3v) is 5.57. The molecule has 2 aromatic rings. The van der Waals surface area contributed by atoms with Crippen LogP contribution in [0.2, 0.25) is 0 Å². The van der Waals surface area contributed by atoms with Gasteiger partial charge in [0.25, 0.3) is 5.91 Å². The van der Waals surface area contributed by atoms with Crippen molar-refractivity contribution in [3.8, 4) is 5.88 Å². The highest BCUT2D eigenvalue weighted by atomic mass is 16.5. The van der Waals surface area contributed by atoms with Crippen molar-refractivity contribution in [2.45, 2.75) is 57.7 Å². The summed E-state index contributed by atoms with van der Waals surface area (Å²) in [5, 5.41) is 4.40. The second-order valence-corrected chi connectivity index (χ2v) is 7.15. The molecule has 2 aromatic heterocycles. The molecule has 2 aliphatic rings. The van der Waals surface area contributed by atoms with Gasteiger partial charge in [0.1, 0.15) is 6.10 Å². The molecule has 2 fully saturated rings. The minimum atomic E-state index is 0.131. The Morgan fingerprint density at radius 1 is 1.20 bits per heavy atom. The Kier molecular flexibility index (Phi) is 3.98. The van der Waals surface area contributed by atoms with Crippen molar-refractivity contribution >= 4 is 5.91 Å². The van der Waals surface area contributed by atoms with Gasteiger partial charge in [-0.1, -0.05) is 6.07 Å². The van der Waals surface area contributed by atoms with E-state index >= 15 is 0 Å². The van der Waals surface area contributed by atoms with E-state index in [9.17, 15) is 4.79 Å². The van der Waals surface area contributed by atoms with E-state index < -0.39 is 0 Å². The van der Waals surface area contributed by atoms with E-state index in [0.717, 1.165) is 42.6 Å². The van der Waals surface area contributed by atoms with E-state index in [1.54, 1.807) is 10.9 Å². The van der Waals surface area contributed by atoms with E-state index in [1.807, 2.05) is 39.1 Å². The van der Waals surface area contributed by atoms with Gasteiger partial charge in [0.15, 0.2) is 0 Å². The van der Waals surface area contributed by atoms with E-state index in [4.69, 9.17) is 4.74 Å². The van der Waals surface area contributed by atoms with E-state index in [2.05, 4.69) is 15.0 Å². The van der Waals surface area contributed by atoms with Gasteiger partial charge < -0.3 is 9.64 Å². The molecule has 2 aliphatic heterocycles. The van der Waals surface area contributed by atoms with Gasteiger partial charge in [0.05, 0.1) is 11.3 Å². The number of carbonyl (C=O) groups is 1. The van der Waals surface area contributed by atoms with Gasteiger partial charge in [-0.25, -0.2) is 4.98 Å². The predicted octanol–water partition coefficient (Wildman–Crippen LogP) is 2.65. The zero-order valence-corrected chi connectivity index (χ0v) is 15.0. The standard InChI is InChI=1S/C19H24N4O2/c1-12-18(13(2)22(3)21-12)19(24)23-14-7-8-15(23)11-16(10-14)25-17-6-4-5-9-20-17/h4-6,9,14-16H,7-8,10-11H2,1-3H3. The van der Waals surface area contributed by atoms with Crippen LogP contribution in [0.1, 0.15) is 47.4 Å². The zero-order valence-electron chi connectivity index (χ0n) is 15.0. The lowest BCUT2D eigenvalue weighted by Crippen LogP contribution is -2.49. The molecule has 2 saturated heterocycles. The fraction of sp³-hybridized carbons (Fsp3) is 0.526. The number of aryl methyl sites for hydroxylation is 2. The molecule has 0 spiro atoms. The van der Waals surface area contributed by atoms with Crippen molar-refractivity contribution in [3.05, 3.63) is 41.3 Å². The largest absolute Gasteiger partial charge is 0.474 e. The normalized spacial score (nSPS) is 25.2. The molecule has 0 aromatic carbocycles. The first-order chi connectivity index (χ1) is 12.0. The van der Waals surface area contributed by atoms with Crippen LogP contribution < -0.4 is 4.74 Å². The number of fused-ring (bicyclic) bond motifs is 2. The van der Waals surface area contributed by atoms with Crippen LogP contribution >= 0.6 is 0 Å². The van der Waals surface area contributed by atoms with Crippen molar-refractivity contribution < 1.29 is 9.53 Å². The number of hydrogen-bond acceptors (Lipinski definition) is 4. The first-order valence-corrected chi connectivity index (χ1v) is 8.95. The zero-order chi connectivity index (χ0) is 17.6. The van der Waals surface area contributed by atoms with Crippen LogP contribution in [0.5, 0.6) is 5.88 Å². The highest BCUT2D eigenvalue weighted by Gasteiger charge is 2.45. The lowest BCUT2D eigenvalue weighted by atomic mass is 9.98. The molecule has 6 nitrogen and oxygen atoms in total. The molecule has 0 radical (unpaired) electrons. The fourth-order valence-corrected chi connectivity index (χ4v) is 4.35. The summed E-state index contributed by atoms with van der Waals surface area (Å²) in [4.78, 5) is 19.5. The number of rotatable bonds is 3. The summed E-state index contributed by atoms with van der Waals surface area (Å²) in [6.45, 7) is 3.88. The molecule has 132 valence electrons. The molecule has 2 atom stereocenters. The highest BCUT2D eigenvalue weighted by Crippen LogP contribution is 2.38. The molecule has 2 bridgehead atoms. The van der Waals surface area contributed by atoms with Crippen LogP contribution in [-0.2, 0) is 7.05 Å². The summed E-state index contributed by atoms with van der Waals surface area (Å²) >= 11 is 0. The van der Waals surface area contributed by atoms with Gasteiger partial charge in [-0.3, -0.25) is 9.48 Å². The van der Waals surface area contributed by atoms with E-state index in [1.165, 1.54) is 0 Å². The van der Waals surface area contributed by atoms with Crippen LogP contribution in [0.15, 0.2) is 24.4 Å². The summed E-state index contributed by atoms with van der Waals surface area (Å²) in [7, 11) is 1.89. The van der Waals surface area contributed by atoms with Gasteiger partial charge in [-0.05, 0) is 32.8 Å². The Labute approximate surface area is 147 Å². The van der Waals surface area contributed by atoms with Crippen molar-refractivity contribution in [2.75, 3.05) is 0 Å². The monoisotopic (exact) mass is 340 g/mol. The Morgan fingerprint density at radius 2 is 1.92 bits per heavy atom. The molecule has 0 N–H and O–H groups in total. The van der Waals surface area contributed by atoms with Crippen LogP contribution in [0.4, 0.5) is 0 Å². The first-order valence-electron chi connectivity index (χ1n) is 8.95. The molecule has 2 unspecified atom stereocenters. The van der Waals surface area contributed by atoms with Crippen LogP contribution in [0.3, 0.4) is 0 Å². The Bertz CT molecular complexity index is 772. The molecule has 0 aliphatic carbocycles. The van der Waals surface area contributed by atoms with Crippen molar-refractivity contribution in [1.29, 1.82) is 0 Å². The first kappa shape index (κ1) is 16.1. The number of ether oxygens (including phenoxy) is 1. The third kappa shape index (κ3) is 2.79. The summed E-state index contributed by atoms with van der Waals surface area (Å²) in [6.07, 6.45) is 5.73. The molecular weight excluding hydrogens is 316 g/mol. The minimum Gasteiger partial charge on any atom is -0.474 e. The molecular formula is C19H24N4O2. The van der Waals surface area contributed by atoms with Crippen LogP contribution in [-0.4, -0.2) is 43.8 Å². The summed E-state index contributed by atoms with van der Waals surface area (Å²) in [5.74, 6) is 0.803. The second kappa shape index (κ2) is 6.17. The van der Waals surface area contributed by atoms with Crippen molar-refractivity contribution in [1.82, 2.24) is 19.7 Å². The lowest BCUT2D eigenvalue weighted by molar-refractivity contribution is 0.0347. The number of aromatic nitrogens is 3. The predicted molar refractivity (Wildman–Crippen MR) is 93.5 cm³/mol. The SMILES string of the molecule is Cc1nn(C)c(C)c1C(=O)N1C2CCC1CC(Oc1ccccn1)C2. The minimum absolute atomic E-state index is 0.131. The lowest BCUT2D eigenvalue weighted by Gasteiger charge is -2.38. The average Bonchev–Trinajstić information content (AvgIpc) is 3.01. The van der Waals surface area contributed by atoms with Crippen molar-refractivity contribution in [2.24, 2.45) is 7.05 Å². The fourth-order valence-electron chi connectivity index (χ4n) is 4.35. The molecule has 0 saturated carbocycles. The number of piperidine rings is 1. The number of hydrogen-bond donors (Lipinski definition) is 0. The quantitative estimate of drug-likeness (QED) is 0.862. The van der Waals surface area contributed by atoms with Gasteiger partial charge in [-0.15, -0.1) is 0 Å². The smallest absolute Gasteiger partial charge is 0.258 e. The van der Waals surface area contributed by atoms with Gasteiger partial charge >= 0.3 is 0 Å². The third-order valence-electron chi connectivity index (χ3n) is 5.57. The topological polar surface area (TPSA) is 60.2 Å². The Balaban J connectivity index is 1.52. The summed E-state index contributed by atoms with van der Waals surface area (Å²) in [5.41, 5.74) is 2.52. The van der Waals surface area contributed by atoms with Crippen LogP contribution in [0, 0.1) is 13.8 Å². The van der Waals surface area contributed by atoms with Crippen LogP contribution in [0.25, 0.3) is 0 Å². The average molecular weight is 340 g/mol. The summed E-state index contributed by atoms with van der Waals surface area (Å²) < 4.78 is 7.85. The number of amides is 1. The molecule has 25 heavy (non-hydrogen) atoms. The van der Waals surface area contributed by atoms with Gasteiger partial charge in [-0.2, -0.15) is 5.10 Å². The summed E-state index contributed by atoms with van der Waals surface area (Å²) in [6, 6.07) is 6.21. The van der Waals surface area contributed by atoms with Gasteiger partial charge in [0, 0.05) is 49.9 Å². The maximum Gasteiger partial charge on any atom is 0.258 e. The molecule has 6 heteroatoms. The van der Waals surface area contributed by atoms with Crippen molar-refractivity contribution in [3.63, 3.8) is 0 Å². The Hall–Kier alpha value is -2.37. The molecule has 4 rings (SSSR count). The number of pyridine rings is 1. The van der Waals surface area contributed by atoms with Gasteiger partial charge in [0.2, 0.25) is 5.88 Å². The highest BCUT2D eigenvalue weighted by molar-refractivity contribution is 5.97. The second-order valence-electron chi connectivity index (χ2n) is 7.15. The van der Waals surface area contributed by atoms with E-state index in [0.29, 0.717) is 5.88 Å².